The summed E-state index contributed by atoms with van der Waals surface area (Å²) in [7, 11) is 3.59. The van der Waals surface area contributed by atoms with E-state index in [4.69, 9.17) is 0 Å². The first-order chi connectivity index (χ1) is 2.91. The number of nitrogens with zero attached hydrogens (tertiary/aromatic N) is 2. The van der Waals surface area contributed by atoms with Crippen molar-refractivity contribution < 1.29 is 18.6 Å². The van der Waals surface area contributed by atoms with Crippen LogP contribution < -0.4 is 0 Å². The molecule has 0 fully saturated rings. The second-order valence-electron chi connectivity index (χ2n) is 1.08. The SMILES string of the molecule is C[N-]CC[N-]C.[V+2]. The predicted octanol–water partition coefficient (Wildman–Crippen LogP) is 0.991. The Morgan fingerprint density at radius 2 is 1.29 bits per heavy atom. The van der Waals surface area contributed by atoms with E-state index in [1.165, 1.54) is 0 Å². The third-order valence-electron chi connectivity index (χ3n) is 0.547. The molecule has 0 unspecified atom stereocenters. The number of hydrogen-bond donors (Lipinski definition) is 0. The Morgan fingerprint density at radius 1 is 1.00 bits per heavy atom. The van der Waals surface area contributed by atoms with Crippen LogP contribution in [-0.2, 0) is 18.6 Å². The molecule has 0 aliphatic rings. The van der Waals surface area contributed by atoms with E-state index < -0.39 is 0 Å². The first kappa shape index (κ1) is 10.5. The van der Waals surface area contributed by atoms with Gasteiger partial charge in [-0.15, -0.1) is 0 Å². The molecule has 0 saturated carbocycles. The van der Waals surface area contributed by atoms with Crippen LogP contribution >= 0.6 is 0 Å². The van der Waals surface area contributed by atoms with E-state index in [0.717, 1.165) is 13.1 Å². The van der Waals surface area contributed by atoms with Gasteiger partial charge in [-0.3, -0.25) is 0 Å². The van der Waals surface area contributed by atoms with Crippen molar-refractivity contribution in [3.05, 3.63) is 10.6 Å². The van der Waals surface area contributed by atoms with Gasteiger partial charge in [0, 0.05) is 0 Å². The fraction of sp³-hybridized carbons (Fsp3) is 1.00. The van der Waals surface area contributed by atoms with Crippen LogP contribution in [-0.4, -0.2) is 27.2 Å². The predicted molar refractivity (Wildman–Crippen MR) is 28.3 cm³/mol. The molecule has 7 heavy (non-hydrogen) atoms. The number of hydrogen-bond acceptors (Lipinski definition) is 0. The summed E-state index contributed by atoms with van der Waals surface area (Å²) < 4.78 is 0. The zero-order chi connectivity index (χ0) is 4.83. The largest absolute Gasteiger partial charge is 2.00 e. The van der Waals surface area contributed by atoms with Gasteiger partial charge in [-0.05, 0) is 0 Å². The van der Waals surface area contributed by atoms with Gasteiger partial charge >= 0.3 is 18.6 Å². The van der Waals surface area contributed by atoms with Gasteiger partial charge in [-0.1, -0.05) is 0 Å². The molecule has 0 heterocycles. The fourth-order valence-corrected chi connectivity index (χ4v) is 0.200. The molecular formula is C4H10N2V. The van der Waals surface area contributed by atoms with Gasteiger partial charge in [-0.2, -0.15) is 27.2 Å². The maximum Gasteiger partial charge on any atom is 2.00 e. The Labute approximate surface area is 56.9 Å². The van der Waals surface area contributed by atoms with Crippen LogP contribution in [0.15, 0.2) is 0 Å². The van der Waals surface area contributed by atoms with Crippen molar-refractivity contribution >= 4 is 0 Å². The Bertz CT molecular complexity index is 21.7. The molecular weight excluding hydrogens is 127 g/mol. The molecule has 0 aromatic rings. The van der Waals surface area contributed by atoms with Crippen molar-refractivity contribution in [2.45, 2.75) is 0 Å². The van der Waals surface area contributed by atoms with Crippen LogP contribution in [0.25, 0.3) is 10.6 Å². The van der Waals surface area contributed by atoms with Crippen molar-refractivity contribution in [2.24, 2.45) is 0 Å². The summed E-state index contributed by atoms with van der Waals surface area (Å²) in [5.41, 5.74) is 0. The van der Waals surface area contributed by atoms with Crippen molar-refractivity contribution in [1.82, 2.24) is 0 Å². The summed E-state index contributed by atoms with van der Waals surface area (Å²) >= 11 is 0. The average Bonchev–Trinajstić information content (AvgIpc) is 1.61. The van der Waals surface area contributed by atoms with Crippen LogP contribution in [0.2, 0.25) is 0 Å². The minimum absolute atomic E-state index is 0. The third-order valence-corrected chi connectivity index (χ3v) is 0.547. The van der Waals surface area contributed by atoms with Crippen LogP contribution in [0.1, 0.15) is 0 Å². The summed E-state index contributed by atoms with van der Waals surface area (Å²) in [6, 6.07) is 0. The number of rotatable bonds is 3. The standard InChI is InChI=1S/C4H10N2.V/c1-5-3-4-6-2;/h3-4H2,1-2H3;/q-2;+2. The Morgan fingerprint density at radius 3 is 1.43 bits per heavy atom. The minimum Gasteiger partial charge on any atom is -0.666 e. The molecule has 0 amide bonds. The second-order valence-corrected chi connectivity index (χ2v) is 1.08. The van der Waals surface area contributed by atoms with Crippen molar-refractivity contribution in [1.29, 1.82) is 0 Å². The van der Waals surface area contributed by atoms with Gasteiger partial charge < -0.3 is 10.6 Å². The molecule has 0 aromatic heterocycles. The molecule has 1 radical (unpaired) electrons. The average molecular weight is 137 g/mol. The summed E-state index contributed by atoms with van der Waals surface area (Å²) in [6.45, 7) is 1.74. The molecule has 0 aliphatic carbocycles. The summed E-state index contributed by atoms with van der Waals surface area (Å²) in [5, 5.41) is 7.66. The van der Waals surface area contributed by atoms with Crippen molar-refractivity contribution in [2.75, 3.05) is 27.2 Å². The molecule has 2 nitrogen and oxygen atoms in total. The van der Waals surface area contributed by atoms with Crippen molar-refractivity contribution in [3.63, 3.8) is 0 Å². The summed E-state index contributed by atoms with van der Waals surface area (Å²) in [5.74, 6) is 0. The fourth-order valence-electron chi connectivity index (χ4n) is 0.200. The van der Waals surface area contributed by atoms with Gasteiger partial charge in [0.1, 0.15) is 0 Å². The Kier molecular flexibility index (Phi) is 14.5. The molecule has 3 heteroatoms. The molecule has 0 spiro atoms. The summed E-state index contributed by atoms with van der Waals surface area (Å²) in [6.07, 6.45) is 0. The zero-order valence-corrected chi connectivity index (χ0v) is 6.15. The first-order valence-corrected chi connectivity index (χ1v) is 2.03. The van der Waals surface area contributed by atoms with E-state index in [1.807, 2.05) is 0 Å². The molecule has 0 N–H and O–H groups in total. The van der Waals surface area contributed by atoms with Crippen LogP contribution in [0, 0.1) is 0 Å². The number of likely N-dealkylation sites (N-methyl/N-ethyl adjacent to an activating group) is 2. The Balaban J connectivity index is 0. The summed E-state index contributed by atoms with van der Waals surface area (Å²) in [4.78, 5) is 0. The van der Waals surface area contributed by atoms with Crippen molar-refractivity contribution in [3.8, 4) is 0 Å². The van der Waals surface area contributed by atoms with E-state index in [9.17, 15) is 0 Å². The van der Waals surface area contributed by atoms with E-state index >= 15 is 0 Å². The van der Waals surface area contributed by atoms with E-state index in [-0.39, 0.29) is 18.6 Å². The van der Waals surface area contributed by atoms with Gasteiger partial charge in [0.05, 0.1) is 0 Å². The van der Waals surface area contributed by atoms with Gasteiger partial charge in [0.25, 0.3) is 0 Å². The quantitative estimate of drug-likeness (QED) is 0.519. The van der Waals surface area contributed by atoms with Gasteiger partial charge in [-0.25, -0.2) is 0 Å². The Hall–Kier alpha value is 0.504. The van der Waals surface area contributed by atoms with Crippen LogP contribution in [0.5, 0.6) is 0 Å². The van der Waals surface area contributed by atoms with Crippen LogP contribution in [0.3, 0.4) is 0 Å². The maximum absolute atomic E-state index is 3.83. The molecule has 41 valence electrons. The minimum atomic E-state index is 0. The smallest absolute Gasteiger partial charge is 0.666 e. The van der Waals surface area contributed by atoms with E-state index in [2.05, 4.69) is 10.6 Å². The normalized spacial score (nSPS) is 7.71. The molecule has 0 saturated heterocycles. The molecule has 0 aromatic carbocycles. The molecule has 0 aliphatic heterocycles. The first-order valence-electron chi connectivity index (χ1n) is 2.03. The second kappa shape index (κ2) is 9.71. The zero-order valence-electron chi connectivity index (χ0n) is 4.76. The molecule has 0 atom stereocenters. The maximum atomic E-state index is 3.83. The third kappa shape index (κ3) is 10.7. The van der Waals surface area contributed by atoms with Gasteiger partial charge in [0.2, 0.25) is 0 Å². The van der Waals surface area contributed by atoms with Gasteiger partial charge in [0.15, 0.2) is 0 Å². The monoisotopic (exact) mass is 137 g/mol. The van der Waals surface area contributed by atoms with Crippen LogP contribution in [0.4, 0.5) is 0 Å². The topological polar surface area (TPSA) is 28.2 Å². The van der Waals surface area contributed by atoms with E-state index in [0.29, 0.717) is 0 Å². The van der Waals surface area contributed by atoms with E-state index in [1.54, 1.807) is 14.1 Å². The molecule has 0 bridgehead atoms. The molecule has 0 rings (SSSR count).